The molecular formula is C11H12FNO. The van der Waals surface area contributed by atoms with E-state index in [9.17, 15) is 4.39 Å². The van der Waals surface area contributed by atoms with Crippen LogP contribution >= 0.6 is 0 Å². The van der Waals surface area contributed by atoms with Gasteiger partial charge in [-0.1, -0.05) is 17.9 Å². The van der Waals surface area contributed by atoms with Crippen molar-refractivity contribution in [2.45, 2.75) is 6.61 Å². The van der Waals surface area contributed by atoms with Crippen molar-refractivity contribution < 1.29 is 9.13 Å². The van der Waals surface area contributed by atoms with Crippen molar-refractivity contribution in [1.82, 2.24) is 0 Å². The highest BCUT2D eigenvalue weighted by Gasteiger charge is 2.01. The highest BCUT2D eigenvalue weighted by atomic mass is 19.1. The molecule has 0 aliphatic heterocycles. The van der Waals surface area contributed by atoms with Gasteiger partial charge in [-0.05, 0) is 12.1 Å². The first-order valence-electron chi connectivity index (χ1n) is 4.24. The summed E-state index contributed by atoms with van der Waals surface area (Å²) in [4.78, 5) is 0. The maximum atomic E-state index is 13.3. The van der Waals surface area contributed by atoms with Gasteiger partial charge in [-0.2, -0.15) is 0 Å². The van der Waals surface area contributed by atoms with Crippen LogP contribution < -0.4 is 5.73 Å². The molecule has 74 valence electrons. The van der Waals surface area contributed by atoms with Gasteiger partial charge in [-0.3, -0.25) is 0 Å². The molecule has 0 aliphatic rings. The van der Waals surface area contributed by atoms with Crippen LogP contribution in [-0.4, -0.2) is 13.7 Å². The van der Waals surface area contributed by atoms with E-state index in [1.165, 1.54) is 13.2 Å². The topological polar surface area (TPSA) is 35.2 Å². The maximum absolute atomic E-state index is 13.3. The third kappa shape index (κ3) is 2.84. The second-order valence-corrected chi connectivity index (χ2v) is 2.75. The van der Waals surface area contributed by atoms with E-state index in [1.54, 1.807) is 12.1 Å². The zero-order valence-electron chi connectivity index (χ0n) is 8.01. The third-order valence-corrected chi connectivity index (χ3v) is 1.69. The first-order valence-corrected chi connectivity index (χ1v) is 4.24. The molecule has 0 bridgehead atoms. The number of nitrogens with two attached hydrogens (primary N) is 1. The molecule has 14 heavy (non-hydrogen) atoms. The minimum atomic E-state index is -0.296. The molecule has 0 heterocycles. The molecule has 1 aromatic carbocycles. The Balaban J connectivity index is 2.88. The number of hydrogen-bond acceptors (Lipinski definition) is 2. The SMILES string of the molecule is COCc1ccc(C#CCN)cc1F. The quantitative estimate of drug-likeness (QED) is 0.718. The van der Waals surface area contributed by atoms with Crippen molar-refractivity contribution in [3.05, 3.63) is 35.1 Å². The van der Waals surface area contributed by atoms with E-state index in [0.29, 0.717) is 11.1 Å². The van der Waals surface area contributed by atoms with E-state index < -0.39 is 0 Å². The molecule has 0 fully saturated rings. The summed E-state index contributed by atoms with van der Waals surface area (Å²) >= 11 is 0. The average molecular weight is 193 g/mol. The number of methoxy groups -OCH3 is 1. The molecule has 0 aromatic heterocycles. The number of ether oxygens (including phenoxy) is 1. The minimum absolute atomic E-state index is 0.274. The fourth-order valence-electron chi connectivity index (χ4n) is 1.05. The second-order valence-electron chi connectivity index (χ2n) is 2.75. The zero-order chi connectivity index (χ0) is 10.4. The predicted octanol–water partition coefficient (Wildman–Crippen LogP) is 1.28. The van der Waals surface area contributed by atoms with E-state index in [2.05, 4.69) is 11.8 Å². The molecule has 0 amide bonds. The fourth-order valence-corrected chi connectivity index (χ4v) is 1.05. The van der Waals surface area contributed by atoms with Crippen LogP contribution in [0.1, 0.15) is 11.1 Å². The van der Waals surface area contributed by atoms with Crippen LogP contribution in [0.4, 0.5) is 4.39 Å². The van der Waals surface area contributed by atoms with Crippen LogP contribution in [-0.2, 0) is 11.3 Å². The number of rotatable bonds is 2. The Kier molecular flexibility index (Phi) is 4.11. The van der Waals surface area contributed by atoms with Crippen LogP contribution in [0.5, 0.6) is 0 Å². The highest BCUT2D eigenvalue weighted by Crippen LogP contribution is 2.10. The summed E-state index contributed by atoms with van der Waals surface area (Å²) in [5, 5.41) is 0. The highest BCUT2D eigenvalue weighted by molar-refractivity contribution is 5.37. The van der Waals surface area contributed by atoms with Crippen LogP contribution in [0.3, 0.4) is 0 Å². The summed E-state index contributed by atoms with van der Waals surface area (Å²) in [5.41, 5.74) is 6.37. The largest absolute Gasteiger partial charge is 0.380 e. The van der Waals surface area contributed by atoms with Gasteiger partial charge >= 0.3 is 0 Å². The maximum Gasteiger partial charge on any atom is 0.129 e. The van der Waals surface area contributed by atoms with Gasteiger partial charge in [-0.25, -0.2) is 4.39 Å². The van der Waals surface area contributed by atoms with E-state index >= 15 is 0 Å². The first-order chi connectivity index (χ1) is 6.77. The lowest BCUT2D eigenvalue weighted by atomic mass is 10.1. The summed E-state index contributed by atoms with van der Waals surface area (Å²) in [5.74, 6) is 5.13. The number of benzene rings is 1. The van der Waals surface area contributed by atoms with Crippen molar-refractivity contribution in [3.63, 3.8) is 0 Å². The molecule has 3 heteroatoms. The van der Waals surface area contributed by atoms with Gasteiger partial charge in [0.05, 0.1) is 13.2 Å². The Labute approximate surface area is 82.9 Å². The normalized spacial score (nSPS) is 9.36. The molecule has 0 radical (unpaired) electrons. The van der Waals surface area contributed by atoms with Crippen LogP contribution in [0, 0.1) is 17.7 Å². The zero-order valence-corrected chi connectivity index (χ0v) is 8.01. The van der Waals surface area contributed by atoms with Gasteiger partial charge in [0.25, 0.3) is 0 Å². The molecule has 0 aliphatic carbocycles. The van der Waals surface area contributed by atoms with Gasteiger partial charge < -0.3 is 10.5 Å². The Morgan fingerprint density at radius 3 is 2.86 bits per heavy atom. The van der Waals surface area contributed by atoms with Gasteiger partial charge in [0, 0.05) is 18.2 Å². The summed E-state index contributed by atoms with van der Waals surface area (Å²) in [6.07, 6.45) is 0. The molecule has 0 spiro atoms. The first kappa shape index (κ1) is 10.7. The van der Waals surface area contributed by atoms with Gasteiger partial charge in [0.1, 0.15) is 5.82 Å². The Hall–Kier alpha value is -1.37. The van der Waals surface area contributed by atoms with Crippen LogP contribution in [0.25, 0.3) is 0 Å². The minimum Gasteiger partial charge on any atom is -0.380 e. The van der Waals surface area contributed by atoms with Crippen LogP contribution in [0.2, 0.25) is 0 Å². The number of hydrogen-bond donors (Lipinski definition) is 1. The average Bonchev–Trinajstić information content (AvgIpc) is 2.19. The monoisotopic (exact) mass is 193 g/mol. The lowest BCUT2D eigenvalue weighted by molar-refractivity contribution is 0.181. The van der Waals surface area contributed by atoms with E-state index in [1.807, 2.05) is 0 Å². The lowest BCUT2D eigenvalue weighted by Crippen LogP contribution is -1.95. The molecule has 2 N–H and O–H groups in total. The molecule has 2 nitrogen and oxygen atoms in total. The van der Waals surface area contributed by atoms with E-state index in [-0.39, 0.29) is 19.0 Å². The second kappa shape index (κ2) is 5.38. The summed E-state index contributed by atoms with van der Waals surface area (Å²) < 4.78 is 18.1. The summed E-state index contributed by atoms with van der Waals surface area (Å²) in [7, 11) is 1.53. The van der Waals surface area contributed by atoms with Crippen molar-refractivity contribution in [2.75, 3.05) is 13.7 Å². The summed E-state index contributed by atoms with van der Waals surface area (Å²) in [6.45, 7) is 0.553. The molecule has 1 aromatic rings. The molecule has 1 rings (SSSR count). The van der Waals surface area contributed by atoms with Gasteiger partial charge in [0.15, 0.2) is 0 Å². The van der Waals surface area contributed by atoms with Crippen molar-refractivity contribution in [2.24, 2.45) is 5.73 Å². The molecular weight excluding hydrogens is 181 g/mol. The molecule has 0 saturated heterocycles. The van der Waals surface area contributed by atoms with Crippen LogP contribution in [0.15, 0.2) is 18.2 Å². The molecule has 0 atom stereocenters. The van der Waals surface area contributed by atoms with Crippen molar-refractivity contribution in [1.29, 1.82) is 0 Å². The van der Waals surface area contributed by atoms with E-state index in [4.69, 9.17) is 10.5 Å². The summed E-state index contributed by atoms with van der Waals surface area (Å²) in [6, 6.07) is 4.80. The molecule has 0 unspecified atom stereocenters. The van der Waals surface area contributed by atoms with Crippen molar-refractivity contribution in [3.8, 4) is 11.8 Å². The lowest BCUT2D eigenvalue weighted by Gasteiger charge is -2.01. The van der Waals surface area contributed by atoms with E-state index in [0.717, 1.165) is 0 Å². The Morgan fingerprint density at radius 2 is 2.29 bits per heavy atom. The fraction of sp³-hybridized carbons (Fsp3) is 0.273. The molecule has 0 saturated carbocycles. The Morgan fingerprint density at radius 1 is 1.50 bits per heavy atom. The van der Waals surface area contributed by atoms with Gasteiger partial charge in [0.2, 0.25) is 0 Å². The predicted molar refractivity (Wildman–Crippen MR) is 53.0 cm³/mol. The standard InChI is InChI=1S/C11H12FNO/c1-14-8-10-5-4-9(3-2-6-13)7-11(10)12/h4-5,7H,6,8,13H2,1H3. The smallest absolute Gasteiger partial charge is 0.129 e. The van der Waals surface area contributed by atoms with Crippen molar-refractivity contribution >= 4 is 0 Å². The number of halogens is 1. The van der Waals surface area contributed by atoms with Gasteiger partial charge in [-0.15, -0.1) is 0 Å². The Bertz CT molecular complexity index is 365. The third-order valence-electron chi connectivity index (χ3n) is 1.69.